The molecule has 0 atom stereocenters. The Hall–Kier alpha value is -3.24. The van der Waals surface area contributed by atoms with E-state index in [0.29, 0.717) is 35.8 Å². The number of ether oxygens (including phenoxy) is 1. The number of carbonyl (C=O) groups excluding carboxylic acids is 1. The third-order valence-electron chi connectivity index (χ3n) is 4.22. The number of nitrogens with two attached hydrogens (primary N) is 1. The number of anilines is 1. The van der Waals surface area contributed by atoms with E-state index in [1.165, 1.54) is 0 Å². The number of hydrogen-bond acceptors (Lipinski definition) is 7. The average Bonchev–Trinajstić information content (AvgIpc) is 3.17. The van der Waals surface area contributed by atoms with Crippen molar-refractivity contribution in [3.8, 4) is 17.1 Å². The number of nitrogens with zero attached hydrogens (tertiary/aromatic N) is 2. The van der Waals surface area contributed by atoms with Gasteiger partial charge < -0.3 is 14.6 Å². The van der Waals surface area contributed by atoms with E-state index in [1.54, 1.807) is 31.4 Å². The molecular formula is C20H22N4O5S. The standard InChI is InChI=1S/C20H22N4O5S/c1-28-17-11-7-15(8-12-17)20-23-19(29-24-20)4-2-3-18(25)22-16-9-5-14(6-10-16)13-30(21,26)27/h5-12H,2-4,13H2,1H3,(H,22,25)(H2,21,26,27). The van der Waals surface area contributed by atoms with Crippen LogP contribution in [0.5, 0.6) is 5.75 Å². The molecule has 0 bridgehead atoms. The fraction of sp³-hybridized carbons (Fsp3) is 0.250. The number of amides is 1. The minimum atomic E-state index is -3.58. The van der Waals surface area contributed by atoms with Gasteiger partial charge in [0, 0.05) is 24.1 Å². The number of methoxy groups -OCH3 is 1. The van der Waals surface area contributed by atoms with Gasteiger partial charge in [-0.3, -0.25) is 4.79 Å². The topological polar surface area (TPSA) is 137 Å². The van der Waals surface area contributed by atoms with Crippen LogP contribution in [-0.2, 0) is 27.0 Å². The molecule has 0 fully saturated rings. The molecule has 0 radical (unpaired) electrons. The van der Waals surface area contributed by atoms with Crippen LogP contribution in [0.3, 0.4) is 0 Å². The molecule has 0 saturated carbocycles. The molecule has 0 aliphatic heterocycles. The summed E-state index contributed by atoms with van der Waals surface area (Å²) < 4.78 is 32.6. The van der Waals surface area contributed by atoms with E-state index in [4.69, 9.17) is 14.4 Å². The van der Waals surface area contributed by atoms with Gasteiger partial charge in [0.1, 0.15) is 5.75 Å². The van der Waals surface area contributed by atoms with Gasteiger partial charge in [-0.25, -0.2) is 13.6 Å². The summed E-state index contributed by atoms with van der Waals surface area (Å²) in [5.41, 5.74) is 1.95. The molecule has 30 heavy (non-hydrogen) atoms. The second-order valence-corrected chi connectivity index (χ2v) is 8.26. The molecule has 0 spiro atoms. The Labute approximate surface area is 174 Å². The van der Waals surface area contributed by atoms with Gasteiger partial charge in [-0.05, 0) is 48.4 Å². The monoisotopic (exact) mass is 430 g/mol. The average molecular weight is 430 g/mol. The summed E-state index contributed by atoms with van der Waals surface area (Å²) in [7, 11) is -1.99. The molecule has 2 aromatic carbocycles. The lowest BCUT2D eigenvalue weighted by molar-refractivity contribution is -0.116. The fourth-order valence-electron chi connectivity index (χ4n) is 2.75. The van der Waals surface area contributed by atoms with E-state index >= 15 is 0 Å². The third-order valence-corrected chi connectivity index (χ3v) is 4.95. The maximum atomic E-state index is 12.1. The molecule has 158 valence electrons. The van der Waals surface area contributed by atoms with Crippen molar-refractivity contribution >= 4 is 21.6 Å². The Balaban J connectivity index is 1.46. The third kappa shape index (κ3) is 6.39. The maximum absolute atomic E-state index is 12.1. The number of aromatic nitrogens is 2. The lowest BCUT2D eigenvalue weighted by Gasteiger charge is -2.06. The SMILES string of the molecule is COc1ccc(-c2noc(CCCC(=O)Nc3ccc(CS(N)(=O)=O)cc3)n2)cc1. The number of rotatable bonds is 9. The molecule has 3 aromatic rings. The van der Waals surface area contributed by atoms with Crippen LogP contribution in [0, 0.1) is 0 Å². The van der Waals surface area contributed by atoms with E-state index < -0.39 is 10.0 Å². The van der Waals surface area contributed by atoms with E-state index in [9.17, 15) is 13.2 Å². The first-order valence-corrected chi connectivity index (χ1v) is 10.9. The van der Waals surface area contributed by atoms with E-state index in [0.717, 1.165) is 11.3 Å². The van der Waals surface area contributed by atoms with Gasteiger partial charge >= 0.3 is 0 Å². The number of primary sulfonamides is 1. The lowest BCUT2D eigenvalue weighted by Crippen LogP contribution is -2.14. The molecule has 0 saturated heterocycles. The summed E-state index contributed by atoms with van der Waals surface area (Å²) in [6.45, 7) is 0. The molecule has 3 N–H and O–H groups in total. The van der Waals surface area contributed by atoms with Crippen LogP contribution in [0.2, 0.25) is 0 Å². The van der Waals surface area contributed by atoms with Gasteiger partial charge in [0.2, 0.25) is 27.6 Å². The number of aryl methyl sites for hydroxylation is 1. The normalized spacial score (nSPS) is 11.3. The molecule has 0 unspecified atom stereocenters. The highest BCUT2D eigenvalue weighted by atomic mass is 32.2. The van der Waals surface area contributed by atoms with E-state index in [-0.39, 0.29) is 18.1 Å². The van der Waals surface area contributed by atoms with Gasteiger partial charge in [-0.1, -0.05) is 17.3 Å². The van der Waals surface area contributed by atoms with Crippen LogP contribution in [-0.4, -0.2) is 31.6 Å². The highest BCUT2D eigenvalue weighted by Gasteiger charge is 2.10. The van der Waals surface area contributed by atoms with Gasteiger partial charge in [0.15, 0.2) is 0 Å². The first kappa shape index (κ1) is 21.5. The highest BCUT2D eigenvalue weighted by Crippen LogP contribution is 2.20. The smallest absolute Gasteiger partial charge is 0.226 e. The summed E-state index contributed by atoms with van der Waals surface area (Å²) in [4.78, 5) is 16.4. The molecule has 9 nitrogen and oxygen atoms in total. The Morgan fingerprint density at radius 1 is 1.13 bits per heavy atom. The Morgan fingerprint density at radius 2 is 1.83 bits per heavy atom. The quantitative estimate of drug-likeness (QED) is 0.532. The zero-order chi connectivity index (χ0) is 21.6. The summed E-state index contributed by atoms with van der Waals surface area (Å²) in [5.74, 6) is 1.28. The van der Waals surface area contributed by atoms with Crippen molar-refractivity contribution in [1.82, 2.24) is 10.1 Å². The number of hydrogen-bond donors (Lipinski definition) is 2. The number of benzene rings is 2. The van der Waals surface area contributed by atoms with Crippen molar-refractivity contribution in [2.75, 3.05) is 12.4 Å². The Morgan fingerprint density at radius 3 is 2.47 bits per heavy atom. The number of nitrogens with one attached hydrogen (secondary N) is 1. The molecule has 1 aromatic heterocycles. The molecule has 0 aliphatic carbocycles. The van der Waals surface area contributed by atoms with Crippen molar-refractivity contribution in [2.24, 2.45) is 5.14 Å². The van der Waals surface area contributed by atoms with Crippen LogP contribution in [0.15, 0.2) is 53.1 Å². The molecule has 1 heterocycles. The van der Waals surface area contributed by atoms with Gasteiger partial charge in [-0.2, -0.15) is 4.98 Å². The van der Waals surface area contributed by atoms with Crippen LogP contribution in [0.25, 0.3) is 11.4 Å². The summed E-state index contributed by atoms with van der Waals surface area (Å²) >= 11 is 0. The first-order chi connectivity index (χ1) is 14.3. The molecule has 3 rings (SSSR count). The second kappa shape index (κ2) is 9.51. The Bertz CT molecular complexity index is 1090. The zero-order valence-corrected chi connectivity index (χ0v) is 17.2. The van der Waals surface area contributed by atoms with E-state index in [1.807, 2.05) is 24.3 Å². The lowest BCUT2D eigenvalue weighted by atomic mass is 10.2. The van der Waals surface area contributed by atoms with Crippen molar-refractivity contribution in [3.05, 3.63) is 60.0 Å². The van der Waals surface area contributed by atoms with E-state index in [2.05, 4.69) is 15.5 Å². The van der Waals surface area contributed by atoms with Crippen LogP contribution >= 0.6 is 0 Å². The van der Waals surface area contributed by atoms with Crippen LogP contribution in [0.1, 0.15) is 24.3 Å². The minimum Gasteiger partial charge on any atom is -0.497 e. The summed E-state index contributed by atoms with van der Waals surface area (Å²) in [6, 6.07) is 13.8. The van der Waals surface area contributed by atoms with Gasteiger partial charge in [0.25, 0.3) is 0 Å². The van der Waals surface area contributed by atoms with Crippen LogP contribution < -0.4 is 15.2 Å². The highest BCUT2D eigenvalue weighted by molar-refractivity contribution is 7.88. The molecule has 10 heteroatoms. The van der Waals surface area contributed by atoms with Gasteiger partial charge in [0.05, 0.1) is 12.9 Å². The summed E-state index contributed by atoms with van der Waals surface area (Å²) in [5, 5.41) is 11.7. The van der Waals surface area contributed by atoms with Crippen molar-refractivity contribution in [1.29, 1.82) is 0 Å². The minimum absolute atomic E-state index is 0.163. The maximum Gasteiger partial charge on any atom is 0.226 e. The first-order valence-electron chi connectivity index (χ1n) is 9.19. The molecular weight excluding hydrogens is 408 g/mol. The predicted octanol–water partition coefficient (Wildman–Crippen LogP) is 2.50. The zero-order valence-electron chi connectivity index (χ0n) is 16.4. The summed E-state index contributed by atoms with van der Waals surface area (Å²) in [6.07, 6.45) is 1.29. The van der Waals surface area contributed by atoms with Crippen molar-refractivity contribution in [3.63, 3.8) is 0 Å². The number of carbonyl (C=O) groups is 1. The van der Waals surface area contributed by atoms with Crippen molar-refractivity contribution < 1.29 is 22.5 Å². The van der Waals surface area contributed by atoms with Gasteiger partial charge in [-0.15, -0.1) is 0 Å². The Kier molecular flexibility index (Phi) is 6.80. The largest absolute Gasteiger partial charge is 0.497 e. The van der Waals surface area contributed by atoms with Crippen molar-refractivity contribution in [2.45, 2.75) is 25.0 Å². The number of sulfonamides is 1. The molecule has 1 amide bonds. The predicted molar refractivity (Wildman–Crippen MR) is 111 cm³/mol. The second-order valence-electron chi connectivity index (χ2n) is 6.65. The fourth-order valence-corrected chi connectivity index (χ4v) is 3.41. The van der Waals surface area contributed by atoms with Crippen LogP contribution in [0.4, 0.5) is 5.69 Å². The molecule has 0 aliphatic rings.